The van der Waals surface area contributed by atoms with Gasteiger partial charge in [-0.15, -0.1) is 0 Å². The van der Waals surface area contributed by atoms with E-state index in [1.165, 1.54) is 0 Å². The Morgan fingerprint density at radius 2 is 1.79 bits per heavy atom. The zero-order chi connectivity index (χ0) is 16.9. The number of carbonyl (C=O) groups excluding carboxylic acids is 1. The van der Waals surface area contributed by atoms with E-state index in [1.54, 1.807) is 7.11 Å². The van der Waals surface area contributed by atoms with E-state index in [1.807, 2.05) is 53.4 Å². The minimum Gasteiger partial charge on any atom is -0.497 e. The molecular weight excluding hydrogens is 370 g/mol. The number of rotatable bonds is 4. The lowest BCUT2D eigenvalue weighted by Crippen LogP contribution is -2.41. The highest BCUT2D eigenvalue weighted by atomic mass is 79.9. The molecule has 2 aromatic rings. The van der Waals surface area contributed by atoms with Gasteiger partial charge >= 0.3 is 0 Å². The number of hydrogen-bond acceptors (Lipinski definition) is 3. The molecule has 0 radical (unpaired) electrons. The predicted molar refractivity (Wildman–Crippen MR) is 96.7 cm³/mol. The average Bonchev–Trinajstić information content (AvgIpc) is 2.62. The standard InChI is InChI=1S/C19H20BrNO3/c1-23-15-5-4-6-16(13-15)24-14-9-11-21(12-10-14)19(22)17-7-2-3-8-18(17)20/h2-8,13-14H,9-12H2,1H3. The normalized spacial score (nSPS) is 15.2. The fraction of sp³-hybridized carbons (Fsp3) is 0.316. The fourth-order valence-electron chi connectivity index (χ4n) is 2.85. The molecule has 0 N–H and O–H groups in total. The van der Waals surface area contributed by atoms with Crippen LogP contribution in [0.25, 0.3) is 0 Å². The summed E-state index contributed by atoms with van der Waals surface area (Å²) in [6.07, 6.45) is 1.78. The van der Waals surface area contributed by atoms with Gasteiger partial charge in [0.05, 0.1) is 12.7 Å². The lowest BCUT2D eigenvalue weighted by molar-refractivity contribution is 0.0594. The van der Waals surface area contributed by atoms with E-state index in [-0.39, 0.29) is 12.0 Å². The van der Waals surface area contributed by atoms with Gasteiger partial charge < -0.3 is 14.4 Å². The van der Waals surface area contributed by atoms with Crippen molar-refractivity contribution in [2.45, 2.75) is 18.9 Å². The molecule has 2 aromatic carbocycles. The molecule has 0 aromatic heterocycles. The van der Waals surface area contributed by atoms with Crippen molar-refractivity contribution >= 4 is 21.8 Å². The van der Waals surface area contributed by atoms with Crippen LogP contribution in [0.3, 0.4) is 0 Å². The van der Waals surface area contributed by atoms with Gasteiger partial charge in [-0.1, -0.05) is 18.2 Å². The first-order valence-corrected chi connectivity index (χ1v) is 8.81. The van der Waals surface area contributed by atoms with Gasteiger partial charge in [-0.3, -0.25) is 4.79 Å². The van der Waals surface area contributed by atoms with Gasteiger partial charge in [-0.25, -0.2) is 0 Å². The first-order chi connectivity index (χ1) is 11.7. The van der Waals surface area contributed by atoms with Crippen LogP contribution < -0.4 is 9.47 Å². The van der Waals surface area contributed by atoms with Crippen molar-refractivity contribution < 1.29 is 14.3 Å². The summed E-state index contributed by atoms with van der Waals surface area (Å²) in [4.78, 5) is 14.5. The largest absolute Gasteiger partial charge is 0.497 e. The number of halogens is 1. The lowest BCUT2D eigenvalue weighted by atomic mass is 10.1. The average molecular weight is 390 g/mol. The lowest BCUT2D eigenvalue weighted by Gasteiger charge is -2.32. The highest BCUT2D eigenvalue weighted by Crippen LogP contribution is 2.25. The Labute approximate surface area is 150 Å². The van der Waals surface area contributed by atoms with Crippen molar-refractivity contribution in [2.75, 3.05) is 20.2 Å². The number of amides is 1. The van der Waals surface area contributed by atoms with E-state index in [9.17, 15) is 4.79 Å². The zero-order valence-corrected chi connectivity index (χ0v) is 15.2. The highest BCUT2D eigenvalue weighted by molar-refractivity contribution is 9.10. The molecule has 1 aliphatic rings. The maximum Gasteiger partial charge on any atom is 0.255 e. The van der Waals surface area contributed by atoms with Crippen molar-refractivity contribution in [3.8, 4) is 11.5 Å². The Kier molecular flexibility index (Phi) is 5.41. The SMILES string of the molecule is COc1cccc(OC2CCN(C(=O)c3ccccc3Br)CC2)c1. The molecule has 0 saturated carbocycles. The quantitative estimate of drug-likeness (QED) is 0.788. The number of nitrogens with zero attached hydrogens (tertiary/aromatic N) is 1. The van der Waals surface area contributed by atoms with E-state index in [0.29, 0.717) is 18.7 Å². The number of benzene rings is 2. The number of carbonyl (C=O) groups is 1. The molecule has 0 atom stereocenters. The molecule has 4 nitrogen and oxygen atoms in total. The molecule has 1 fully saturated rings. The number of methoxy groups -OCH3 is 1. The number of likely N-dealkylation sites (tertiary alicyclic amines) is 1. The summed E-state index contributed by atoms with van der Waals surface area (Å²) >= 11 is 3.45. The Bertz CT molecular complexity index is 711. The van der Waals surface area contributed by atoms with Gasteiger partial charge in [-0.2, -0.15) is 0 Å². The van der Waals surface area contributed by atoms with E-state index in [4.69, 9.17) is 9.47 Å². The molecule has 5 heteroatoms. The van der Waals surface area contributed by atoms with Gasteiger partial charge in [0, 0.05) is 36.5 Å². The highest BCUT2D eigenvalue weighted by Gasteiger charge is 2.25. The monoisotopic (exact) mass is 389 g/mol. The van der Waals surface area contributed by atoms with E-state index in [2.05, 4.69) is 15.9 Å². The maximum atomic E-state index is 12.6. The van der Waals surface area contributed by atoms with Gasteiger partial charge in [0.25, 0.3) is 5.91 Å². The second-order valence-electron chi connectivity index (χ2n) is 5.77. The number of ether oxygens (including phenoxy) is 2. The third kappa shape index (κ3) is 3.90. The molecular formula is C19H20BrNO3. The van der Waals surface area contributed by atoms with Crippen LogP contribution in [-0.4, -0.2) is 37.1 Å². The van der Waals surface area contributed by atoms with Gasteiger partial charge in [0.15, 0.2) is 0 Å². The molecule has 0 aliphatic carbocycles. The van der Waals surface area contributed by atoms with Gasteiger partial charge in [-0.05, 0) is 40.2 Å². The first kappa shape index (κ1) is 16.8. The van der Waals surface area contributed by atoms with Crippen molar-refractivity contribution in [1.29, 1.82) is 0 Å². The van der Waals surface area contributed by atoms with E-state index < -0.39 is 0 Å². The Hall–Kier alpha value is -2.01. The van der Waals surface area contributed by atoms with Crippen molar-refractivity contribution in [3.63, 3.8) is 0 Å². The second-order valence-corrected chi connectivity index (χ2v) is 6.62. The number of hydrogen-bond donors (Lipinski definition) is 0. The van der Waals surface area contributed by atoms with E-state index in [0.717, 1.165) is 28.8 Å². The van der Waals surface area contributed by atoms with Crippen LogP contribution in [-0.2, 0) is 0 Å². The summed E-state index contributed by atoms with van der Waals surface area (Å²) in [6, 6.07) is 15.2. The molecule has 1 saturated heterocycles. The van der Waals surface area contributed by atoms with Crippen LogP contribution in [0.1, 0.15) is 23.2 Å². The fourth-order valence-corrected chi connectivity index (χ4v) is 3.30. The molecule has 1 aliphatic heterocycles. The van der Waals surface area contributed by atoms with Crippen LogP contribution in [0.15, 0.2) is 53.0 Å². The van der Waals surface area contributed by atoms with Crippen LogP contribution >= 0.6 is 15.9 Å². The smallest absolute Gasteiger partial charge is 0.255 e. The minimum atomic E-state index is 0.0716. The Balaban J connectivity index is 1.57. The van der Waals surface area contributed by atoms with Gasteiger partial charge in [0.1, 0.15) is 17.6 Å². The molecule has 1 heterocycles. The second kappa shape index (κ2) is 7.71. The van der Waals surface area contributed by atoms with Crippen molar-refractivity contribution in [3.05, 3.63) is 58.6 Å². The third-order valence-electron chi connectivity index (χ3n) is 4.18. The van der Waals surface area contributed by atoms with Gasteiger partial charge in [0.2, 0.25) is 0 Å². The molecule has 3 rings (SSSR count). The topological polar surface area (TPSA) is 38.8 Å². The molecule has 0 unspecified atom stereocenters. The van der Waals surface area contributed by atoms with Crippen LogP contribution in [0.2, 0.25) is 0 Å². The minimum absolute atomic E-state index is 0.0716. The van der Waals surface area contributed by atoms with Crippen molar-refractivity contribution in [1.82, 2.24) is 4.90 Å². The Morgan fingerprint density at radius 1 is 1.08 bits per heavy atom. The summed E-state index contributed by atoms with van der Waals surface area (Å²) < 4.78 is 12.1. The maximum absolute atomic E-state index is 12.6. The summed E-state index contributed by atoms with van der Waals surface area (Å²) in [6.45, 7) is 1.41. The molecule has 126 valence electrons. The summed E-state index contributed by atoms with van der Waals surface area (Å²) in [5.74, 6) is 1.67. The summed E-state index contributed by atoms with van der Waals surface area (Å²) in [5, 5.41) is 0. The number of piperidine rings is 1. The molecule has 1 amide bonds. The van der Waals surface area contributed by atoms with E-state index >= 15 is 0 Å². The van der Waals surface area contributed by atoms with Crippen LogP contribution in [0.5, 0.6) is 11.5 Å². The molecule has 24 heavy (non-hydrogen) atoms. The van der Waals surface area contributed by atoms with Crippen molar-refractivity contribution in [2.24, 2.45) is 0 Å². The molecule has 0 bridgehead atoms. The summed E-state index contributed by atoms with van der Waals surface area (Å²) in [7, 11) is 1.64. The third-order valence-corrected chi connectivity index (χ3v) is 4.87. The van der Waals surface area contributed by atoms with Crippen LogP contribution in [0.4, 0.5) is 0 Å². The zero-order valence-electron chi connectivity index (χ0n) is 13.6. The van der Waals surface area contributed by atoms with Crippen LogP contribution in [0, 0.1) is 0 Å². The first-order valence-electron chi connectivity index (χ1n) is 8.02. The predicted octanol–water partition coefficient (Wildman–Crippen LogP) is 4.14. The molecule has 0 spiro atoms. The summed E-state index contributed by atoms with van der Waals surface area (Å²) in [5.41, 5.74) is 0.713. The Morgan fingerprint density at radius 3 is 2.50 bits per heavy atom.